The first kappa shape index (κ1) is 6.08. The van der Waals surface area contributed by atoms with Gasteiger partial charge >= 0.3 is 0 Å². The van der Waals surface area contributed by atoms with E-state index in [1.165, 1.54) is 0 Å². The quantitative estimate of drug-likeness (QED) is 0.512. The van der Waals surface area contributed by atoms with Crippen LogP contribution < -0.4 is 5.73 Å². The lowest BCUT2D eigenvalue weighted by Gasteiger charge is -1.93. The first-order chi connectivity index (χ1) is 4.29. The van der Waals surface area contributed by atoms with Crippen LogP contribution in [-0.4, -0.2) is 6.21 Å². The third-order valence-corrected chi connectivity index (χ3v) is 1.13. The first-order valence-corrected chi connectivity index (χ1v) is 2.96. The summed E-state index contributed by atoms with van der Waals surface area (Å²) >= 11 is 0. The molecule has 0 aromatic carbocycles. The van der Waals surface area contributed by atoms with E-state index in [2.05, 4.69) is 4.99 Å². The maximum atomic E-state index is 5.52. The predicted octanol–water partition coefficient (Wildman–Crippen LogP) is 1.06. The highest BCUT2D eigenvalue weighted by Crippen LogP contribution is 2.01. The fourth-order valence-corrected chi connectivity index (χ4v) is 0.717. The Morgan fingerprint density at radius 1 is 1.67 bits per heavy atom. The number of hydrogen-bond acceptors (Lipinski definition) is 2. The molecule has 2 N–H and O–H groups in total. The van der Waals surface area contributed by atoms with E-state index >= 15 is 0 Å². The van der Waals surface area contributed by atoms with E-state index in [9.17, 15) is 0 Å². The molecule has 0 radical (unpaired) electrons. The number of allylic oxidation sites excluding steroid dienone is 2. The minimum Gasteiger partial charge on any atom is -0.399 e. The Balaban J connectivity index is 2.77. The lowest BCUT2D eigenvalue weighted by atomic mass is 10.2. The molecule has 0 saturated carbocycles. The molecule has 0 aliphatic carbocycles. The summed E-state index contributed by atoms with van der Waals surface area (Å²) < 4.78 is 0. The molecule has 48 valence electrons. The Bertz CT molecular complexity index is 177. The topological polar surface area (TPSA) is 38.4 Å². The smallest absolute Gasteiger partial charge is 0.0295 e. The van der Waals surface area contributed by atoms with Crippen molar-refractivity contribution in [3.63, 3.8) is 0 Å². The summed E-state index contributed by atoms with van der Waals surface area (Å²) in [7, 11) is 0. The van der Waals surface area contributed by atoms with Crippen LogP contribution in [0.5, 0.6) is 0 Å². The lowest BCUT2D eigenvalue weighted by Crippen LogP contribution is -1.96. The standard InChI is InChI=1S/C7H10N2/c1-6-4-7(8)2-3-9-5-6/h2-6H,8H2,1H3. The summed E-state index contributed by atoms with van der Waals surface area (Å²) in [5.74, 6) is 0.361. The van der Waals surface area contributed by atoms with E-state index in [0.717, 1.165) is 5.70 Å². The van der Waals surface area contributed by atoms with Crippen LogP contribution in [0.2, 0.25) is 0 Å². The number of hydrogen-bond donors (Lipinski definition) is 1. The molecule has 1 aliphatic rings. The van der Waals surface area contributed by atoms with Crippen molar-refractivity contribution in [2.75, 3.05) is 0 Å². The Hall–Kier alpha value is -1.05. The molecule has 0 aromatic rings. The fraction of sp³-hybridized carbons (Fsp3) is 0.286. The second kappa shape index (κ2) is 2.49. The molecular weight excluding hydrogens is 112 g/mol. The van der Waals surface area contributed by atoms with Gasteiger partial charge in [0, 0.05) is 24.0 Å². The summed E-state index contributed by atoms with van der Waals surface area (Å²) in [5, 5.41) is 0. The molecule has 1 aliphatic heterocycles. The minimum atomic E-state index is 0.361. The van der Waals surface area contributed by atoms with Crippen LogP contribution in [-0.2, 0) is 0 Å². The third-order valence-electron chi connectivity index (χ3n) is 1.13. The molecule has 1 rings (SSSR count). The van der Waals surface area contributed by atoms with E-state index in [4.69, 9.17) is 5.73 Å². The van der Waals surface area contributed by atoms with Crippen molar-refractivity contribution in [2.24, 2.45) is 16.6 Å². The SMILES string of the molecule is CC1C=NC=CC(N)=C1. The van der Waals surface area contributed by atoms with Crippen LogP contribution in [0.4, 0.5) is 0 Å². The predicted molar refractivity (Wildman–Crippen MR) is 39.1 cm³/mol. The van der Waals surface area contributed by atoms with Gasteiger partial charge in [-0.15, -0.1) is 0 Å². The maximum Gasteiger partial charge on any atom is 0.0295 e. The number of nitrogens with two attached hydrogens (primary N) is 1. The summed E-state index contributed by atoms with van der Waals surface area (Å²) in [4.78, 5) is 3.96. The second-order valence-corrected chi connectivity index (χ2v) is 2.14. The largest absolute Gasteiger partial charge is 0.399 e. The van der Waals surface area contributed by atoms with Crippen LogP contribution in [0.1, 0.15) is 6.92 Å². The van der Waals surface area contributed by atoms with Crippen molar-refractivity contribution in [1.82, 2.24) is 0 Å². The maximum absolute atomic E-state index is 5.52. The average Bonchev–Trinajstić information content (AvgIpc) is 1.93. The van der Waals surface area contributed by atoms with Gasteiger partial charge in [0.1, 0.15) is 0 Å². The van der Waals surface area contributed by atoms with Crippen LogP contribution in [0.3, 0.4) is 0 Å². The normalized spacial score (nSPS) is 25.4. The van der Waals surface area contributed by atoms with Gasteiger partial charge in [0.05, 0.1) is 0 Å². The highest BCUT2D eigenvalue weighted by atomic mass is 14.7. The van der Waals surface area contributed by atoms with Crippen LogP contribution in [0.15, 0.2) is 29.0 Å². The van der Waals surface area contributed by atoms with E-state index in [1.807, 2.05) is 19.2 Å². The van der Waals surface area contributed by atoms with E-state index in [1.54, 1.807) is 12.3 Å². The van der Waals surface area contributed by atoms with Crippen molar-refractivity contribution in [1.29, 1.82) is 0 Å². The molecular formula is C7H10N2. The van der Waals surface area contributed by atoms with Gasteiger partial charge in [-0.1, -0.05) is 13.0 Å². The molecule has 0 bridgehead atoms. The van der Waals surface area contributed by atoms with Gasteiger partial charge in [0.2, 0.25) is 0 Å². The van der Waals surface area contributed by atoms with Crippen LogP contribution in [0, 0.1) is 5.92 Å². The third kappa shape index (κ3) is 1.72. The molecule has 2 heteroatoms. The first-order valence-electron chi connectivity index (χ1n) is 2.96. The lowest BCUT2D eigenvalue weighted by molar-refractivity contribution is 1.01. The highest BCUT2D eigenvalue weighted by molar-refractivity contribution is 5.64. The molecule has 9 heavy (non-hydrogen) atoms. The van der Waals surface area contributed by atoms with Crippen molar-refractivity contribution in [3.05, 3.63) is 24.0 Å². The molecule has 1 heterocycles. The van der Waals surface area contributed by atoms with Crippen LogP contribution in [0.25, 0.3) is 0 Å². The molecule has 1 unspecified atom stereocenters. The summed E-state index contributed by atoms with van der Waals surface area (Å²) in [6.45, 7) is 2.04. The van der Waals surface area contributed by atoms with E-state index in [-0.39, 0.29) is 0 Å². The summed E-state index contributed by atoms with van der Waals surface area (Å²) in [5.41, 5.74) is 6.31. The summed E-state index contributed by atoms with van der Waals surface area (Å²) in [6, 6.07) is 0. The molecule has 0 amide bonds. The minimum absolute atomic E-state index is 0.361. The number of aliphatic imine (C=N–C) groups is 1. The Kier molecular flexibility index (Phi) is 1.68. The number of nitrogens with zero attached hydrogens (tertiary/aromatic N) is 1. The summed E-state index contributed by atoms with van der Waals surface area (Å²) in [6.07, 6.45) is 7.32. The Labute approximate surface area is 54.8 Å². The van der Waals surface area contributed by atoms with Crippen molar-refractivity contribution in [3.8, 4) is 0 Å². The van der Waals surface area contributed by atoms with Gasteiger partial charge in [-0.3, -0.25) is 4.99 Å². The van der Waals surface area contributed by atoms with Crippen molar-refractivity contribution >= 4 is 6.21 Å². The molecule has 0 spiro atoms. The zero-order valence-electron chi connectivity index (χ0n) is 5.41. The monoisotopic (exact) mass is 122 g/mol. The van der Waals surface area contributed by atoms with Gasteiger partial charge in [-0.25, -0.2) is 0 Å². The molecule has 0 fully saturated rings. The van der Waals surface area contributed by atoms with Crippen molar-refractivity contribution in [2.45, 2.75) is 6.92 Å². The zero-order chi connectivity index (χ0) is 6.69. The highest BCUT2D eigenvalue weighted by Gasteiger charge is 1.94. The van der Waals surface area contributed by atoms with E-state index in [0.29, 0.717) is 5.92 Å². The van der Waals surface area contributed by atoms with Gasteiger partial charge in [0.25, 0.3) is 0 Å². The Morgan fingerprint density at radius 2 is 2.44 bits per heavy atom. The zero-order valence-corrected chi connectivity index (χ0v) is 5.41. The van der Waals surface area contributed by atoms with Gasteiger partial charge in [0.15, 0.2) is 0 Å². The average molecular weight is 122 g/mol. The fourth-order valence-electron chi connectivity index (χ4n) is 0.717. The molecule has 0 aromatic heterocycles. The van der Waals surface area contributed by atoms with Gasteiger partial charge < -0.3 is 5.73 Å². The second-order valence-electron chi connectivity index (χ2n) is 2.14. The van der Waals surface area contributed by atoms with Crippen molar-refractivity contribution < 1.29 is 0 Å². The molecule has 2 nitrogen and oxygen atoms in total. The Morgan fingerprint density at radius 3 is 3.22 bits per heavy atom. The van der Waals surface area contributed by atoms with Gasteiger partial charge in [-0.05, 0) is 6.08 Å². The van der Waals surface area contributed by atoms with Crippen LogP contribution >= 0.6 is 0 Å². The molecule has 1 atom stereocenters. The van der Waals surface area contributed by atoms with E-state index < -0.39 is 0 Å². The molecule has 0 saturated heterocycles. The number of rotatable bonds is 0. The van der Waals surface area contributed by atoms with Gasteiger partial charge in [-0.2, -0.15) is 0 Å².